The Hall–Kier alpha value is -0.450. The SMILES string of the molecule is CCC(CNC)c1sc(C2CCOCC2)nc1C. The molecule has 0 aliphatic carbocycles. The number of ether oxygens (including phenoxy) is 1. The zero-order chi connectivity index (χ0) is 13.0. The Morgan fingerprint density at radius 2 is 2.17 bits per heavy atom. The van der Waals surface area contributed by atoms with Crippen LogP contribution in [0.15, 0.2) is 0 Å². The topological polar surface area (TPSA) is 34.1 Å². The Bertz CT molecular complexity index is 372. The molecule has 18 heavy (non-hydrogen) atoms. The molecule has 0 bridgehead atoms. The van der Waals surface area contributed by atoms with Gasteiger partial charge in [-0.25, -0.2) is 4.98 Å². The van der Waals surface area contributed by atoms with Gasteiger partial charge in [0.05, 0.1) is 10.7 Å². The van der Waals surface area contributed by atoms with E-state index in [-0.39, 0.29) is 0 Å². The zero-order valence-corrected chi connectivity index (χ0v) is 12.5. The van der Waals surface area contributed by atoms with Crippen LogP contribution in [0.5, 0.6) is 0 Å². The summed E-state index contributed by atoms with van der Waals surface area (Å²) >= 11 is 1.93. The second kappa shape index (κ2) is 6.64. The van der Waals surface area contributed by atoms with Gasteiger partial charge in [0.2, 0.25) is 0 Å². The average molecular weight is 268 g/mol. The van der Waals surface area contributed by atoms with Crippen LogP contribution in [0, 0.1) is 6.92 Å². The number of hydrogen-bond acceptors (Lipinski definition) is 4. The lowest BCUT2D eigenvalue weighted by Gasteiger charge is -2.19. The molecule has 1 unspecified atom stereocenters. The van der Waals surface area contributed by atoms with Gasteiger partial charge in [-0.05, 0) is 33.2 Å². The van der Waals surface area contributed by atoms with Gasteiger partial charge >= 0.3 is 0 Å². The van der Waals surface area contributed by atoms with Crippen molar-refractivity contribution in [3.05, 3.63) is 15.6 Å². The number of aromatic nitrogens is 1. The maximum Gasteiger partial charge on any atom is 0.0963 e. The minimum atomic E-state index is 0.612. The summed E-state index contributed by atoms with van der Waals surface area (Å²) in [6.07, 6.45) is 3.45. The monoisotopic (exact) mass is 268 g/mol. The first-order valence-corrected chi connectivity index (χ1v) is 7.77. The molecule has 1 fully saturated rings. The maximum absolute atomic E-state index is 5.43. The van der Waals surface area contributed by atoms with E-state index in [0.29, 0.717) is 11.8 Å². The first-order chi connectivity index (χ1) is 8.76. The van der Waals surface area contributed by atoms with Crippen molar-refractivity contribution in [2.45, 2.75) is 44.9 Å². The molecule has 1 saturated heterocycles. The number of nitrogens with one attached hydrogen (secondary N) is 1. The summed E-state index contributed by atoms with van der Waals surface area (Å²) in [4.78, 5) is 6.30. The molecule has 1 atom stereocenters. The molecule has 1 N–H and O–H groups in total. The van der Waals surface area contributed by atoms with Gasteiger partial charge in [0.1, 0.15) is 0 Å². The van der Waals surface area contributed by atoms with Crippen LogP contribution in [0.1, 0.15) is 53.6 Å². The Morgan fingerprint density at radius 1 is 1.44 bits per heavy atom. The lowest BCUT2D eigenvalue weighted by Crippen LogP contribution is -2.16. The zero-order valence-electron chi connectivity index (χ0n) is 11.7. The summed E-state index contributed by atoms with van der Waals surface area (Å²) in [5.74, 6) is 1.24. The summed E-state index contributed by atoms with van der Waals surface area (Å²) in [5.41, 5.74) is 1.24. The van der Waals surface area contributed by atoms with Crippen molar-refractivity contribution in [1.82, 2.24) is 10.3 Å². The number of nitrogens with zero attached hydrogens (tertiary/aromatic N) is 1. The van der Waals surface area contributed by atoms with Gasteiger partial charge < -0.3 is 10.1 Å². The van der Waals surface area contributed by atoms with Crippen molar-refractivity contribution in [2.75, 3.05) is 26.8 Å². The Balaban J connectivity index is 2.14. The minimum Gasteiger partial charge on any atom is -0.381 e. The van der Waals surface area contributed by atoms with E-state index in [1.807, 2.05) is 18.4 Å². The van der Waals surface area contributed by atoms with E-state index >= 15 is 0 Å². The molecule has 0 amide bonds. The lowest BCUT2D eigenvalue weighted by atomic mass is 10.0. The molecule has 1 aromatic heterocycles. The van der Waals surface area contributed by atoms with Gasteiger partial charge in [0, 0.05) is 36.5 Å². The molecule has 2 rings (SSSR count). The summed E-state index contributed by atoms with van der Waals surface area (Å²) in [5, 5.41) is 4.63. The summed E-state index contributed by atoms with van der Waals surface area (Å²) in [6, 6.07) is 0. The van der Waals surface area contributed by atoms with E-state index in [4.69, 9.17) is 9.72 Å². The van der Waals surface area contributed by atoms with E-state index in [2.05, 4.69) is 19.2 Å². The number of likely N-dealkylation sites (N-methyl/N-ethyl adjacent to an activating group) is 1. The van der Waals surface area contributed by atoms with Gasteiger partial charge in [-0.2, -0.15) is 0 Å². The number of hydrogen-bond donors (Lipinski definition) is 1. The predicted molar refractivity (Wildman–Crippen MR) is 76.6 cm³/mol. The van der Waals surface area contributed by atoms with Gasteiger partial charge in [-0.3, -0.25) is 0 Å². The third kappa shape index (κ3) is 3.11. The van der Waals surface area contributed by atoms with Gasteiger partial charge in [0.15, 0.2) is 0 Å². The molecule has 0 radical (unpaired) electrons. The molecule has 0 aromatic carbocycles. The molecule has 102 valence electrons. The fourth-order valence-electron chi connectivity index (χ4n) is 2.60. The fourth-order valence-corrected chi connectivity index (χ4v) is 4.02. The molecular formula is C14H24N2OS. The van der Waals surface area contributed by atoms with Gasteiger partial charge in [-0.15, -0.1) is 11.3 Å². The van der Waals surface area contributed by atoms with Crippen LogP contribution in [-0.2, 0) is 4.74 Å². The minimum absolute atomic E-state index is 0.612. The molecule has 0 spiro atoms. The van der Waals surface area contributed by atoms with E-state index in [9.17, 15) is 0 Å². The second-order valence-corrected chi connectivity index (χ2v) is 6.11. The highest BCUT2D eigenvalue weighted by Crippen LogP contribution is 2.35. The van der Waals surface area contributed by atoms with E-state index in [1.165, 1.54) is 22.0 Å². The fraction of sp³-hybridized carbons (Fsp3) is 0.786. The van der Waals surface area contributed by atoms with E-state index in [0.717, 1.165) is 32.6 Å². The van der Waals surface area contributed by atoms with Crippen LogP contribution in [0.4, 0.5) is 0 Å². The first-order valence-electron chi connectivity index (χ1n) is 6.95. The maximum atomic E-state index is 5.43. The lowest BCUT2D eigenvalue weighted by molar-refractivity contribution is 0.0852. The highest BCUT2D eigenvalue weighted by molar-refractivity contribution is 7.12. The molecule has 1 aliphatic heterocycles. The van der Waals surface area contributed by atoms with Crippen LogP contribution in [0.2, 0.25) is 0 Å². The van der Waals surface area contributed by atoms with E-state index < -0.39 is 0 Å². The van der Waals surface area contributed by atoms with E-state index in [1.54, 1.807) is 0 Å². The highest BCUT2D eigenvalue weighted by atomic mass is 32.1. The van der Waals surface area contributed by atoms with Crippen LogP contribution in [0.3, 0.4) is 0 Å². The molecule has 0 saturated carbocycles. The number of aryl methyl sites for hydroxylation is 1. The molecule has 2 heterocycles. The van der Waals surface area contributed by atoms with Crippen molar-refractivity contribution in [2.24, 2.45) is 0 Å². The third-order valence-electron chi connectivity index (χ3n) is 3.73. The average Bonchev–Trinajstić information content (AvgIpc) is 2.79. The predicted octanol–water partition coefficient (Wildman–Crippen LogP) is 3.06. The van der Waals surface area contributed by atoms with Crippen LogP contribution < -0.4 is 5.32 Å². The quantitative estimate of drug-likeness (QED) is 0.891. The number of thiazole rings is 1. The van der Waals surface area contributed by atoms with Crippen LogP contribution in [-0.4, -0.2) is 31.8 Å². The smallest absolute Gasteiger partial charge is 0.0963 e. The molecule has 3 nitrogen and oxygen atoms in total. The summed E-state index contributed by atoms with van der Waals surface area (Å²) in [7, 11) is 2.03. The van der Waals surface area contributed by atoms with Crippen molar-refractivity contribution >= 4 is 11.3 Å². The normalized spacial score (nSPS) is 19.1. The van der Waals surface area contributed by atoms with Gasteiger partial charge in [-0.1, -0.05) is 6.92 Å². The standard InChI is InChI=1S/C14H24N2OS/c1-4-11(9-15-3)13-10(2)16-14(18-13)12-5-7-17-8-6-12/h11-12,15H,4-9H2,1-3H3. The molecule has 1 aliphatic rings. The van der Waals surface area contributed by atoms with Crippen LogP contribution in [0.25, 0.3) is 0 Å². The van der Waals surface area contributed by atoms with Crippen LogP contribution >= 0.6 is 11.3 Å². The van der Waals surface area contributed by atoms with Crippen molar-refractivity contribution in [3.8, 4) is 0 Å². The Kier molecular flexibility index (Phi) is 5.15. The largest absolute Gasteiger partial charge is 0.381 e. The summed E-state index contributed by atoms with van der Waals surface area (Å²) in [6.45, 7) is 7.26. The first kappa shape index (κ1) is 14.0. The van der Waals surface area contributed by atoms with Crippen molar-refractivity contribution < 1.29 is 4.74 Å². The molecule has 4 heteroatoms. The molecule has 1 aromatic rings. The Morgan fingerprint density at radius 3 is 2.78 bits per heavy atom. The third-order valence-corrected chi connectivity index (χ3v) is 5.22. The number of rotatable bonds is 5. The van der Waals surface area contributed by atoms with Crippen molar-refractivity contribution in [3.63, 3.8) is 0 Å². The second-order valence-electron chi connectivity index (χ2n) is 5.05. The summed E-state index contributed by atoms with van der Waals surface area (Å²) < 4.78 is 5.43. The van der Waals surface area contributed by atoms with Gasteiger partial charge in [0.25, 0.3) is 0 Å². The van der Waals surface area contributed by atoms with Crippen molar-refractivity contribution in [1.29, 1.82) is 0 Å². The highest BCUT2D eigenvalue weighted by Gasteiger charge is 2.23. The Labute approximate surface area is 114 Å². The molecular weight excluding hydrogens is 244 g/mol.